The molecule has 18 heavy (non-hydrogen) atoms. The van der Waals surface area contributed by atoms with Crippen LogP contribution in [0.3, 0.4) is 0 Å². The van der Waals surface area contributed by atoms with Gasteiger partial charge in [-0.25, -0.2) is 0 Å². The molecular formula is C14H21NO3. The fourth-order valence-corrected chi connectivity index (χ4v) is 1.41. The van der Waals surface area contributed by atoms with Crippen LogP contribution in [0, 0.1) is 5.92 Å². The summed E-state index contributed by atoms with van der Waals surface area (Å²) in [6.07, 6.45) is 0.416. The summed E-state index contributed by atoms with van der Waals surface area (Å²) in [5.74, 6) is 1.19. The third-order valence-electron chi connectivity index (χ3n) is 2.54. The molecule has 0 aliphatic rings. The quantitative estimate of drug-likeness (QED) is 0.815. The zero-order chi connectivity index (χ0) is 13.5. The maximum Gasteiger partial charge on any atom is 0.260 e. The maximum absolute atomic E-state index is 11.7. The summed E-state index contributed by atoms with van der Waals surface area (Å²) in [5, 5.41) is 12.0. The summed E-state index contributed by atoms with van der Waals surface area (Å²) >= 11 is 0. The van der Waals surface area contributed by atoms with E-state index in [-0.39, 0.29) is 11.7 Å². The molecule has 0 spiro atoms. The molecule has 1 atom stereocenters. The van der Waals surface area contributed by atoms with E-state index in [0.717, 1.165) is 6.42 Å². The first-order valence-corrected chi connectivity index (χ1v) is 6.22. The first-order chi connectivity index (χ1) is 8.49. The van der Waals surface area contributed by atoms with E-state index in [2.05, 4.69) is 19.2 Å². The van der Waals surface area contributed by atoms with Gasteiger partial charge in [0, 0.05) is 6.54 Å². The van der Waals surface area contributed by atoms with Crippen molar-refractivity contribution in [3.05, 3.63) is 24.3 Å². The Morgan fingerprint density at radius 2 is 1.89 bits per heavy atom. The number of phenols is 1. The molecular weight excluding hydrogens is 230 g/mol. The van der Waals surface area contributed by atoms with Crippen LogP contribution in [-0.4, -0.2) is 23.7 Å². The van der Waals surface area contributed by atoms with Gasteiger partial charge in [0.2, 0.25) is 0 Å². The van der Waals surface area contributed by atoms with Crippen LogP contribution < -0.4 is 10.1 Å². The summed E-state index contributed by atoms with van der Waals surface area (Å²) < 4.78 is 5.47. The molecule has 0 saturated carbocycles. The number of rotatable bonds is 6. The lowest BCUT2D eigenvalue weighted by atomic mass is 10.1. The molecule has 0 bridgehead atoms. The Bertz CT molecular complexity index is 373. The van der Waals surface area contributed by atoms with Crippen LogP contribution in [0.2, 0.25) is 0 Å². The van der Waals surface area contributed by atoms with E-state index in [1.54, 1.807) is 19.1 Å². The summed E-state index contributed by atoms with van der Waals surface area (Å²) in [7, 11) is 0. The molecule has 1 amide bonds. The molecule has 0 aromatic heterocycles. The average molecular weight is 251 g/mol. The lowest BCUT2D eigenvalue weighted by Crippen LogP contribution is -2.37. The lowest BCUT2D eigenvalue weighted by Gasteiger charge is -2.15. The highest BCUT2D eigenvalue weighted by molar-refractivity contribution is 5.80. The molecule has 0 radical (unpaired) electrons. The van der Waals surface area contributed by atoms with E-state index < -0.39 is 6.10 Å². The summed E-state index contributed by atoms with van der Waals surface area (Å²) in [4.78, 5) is 11.7. The fourth-order valence-electron chi connectivity index (χ4n) is 1.41. The number of hydrogen-bond acceptors (Lipinski definition) is 3. The molecule has 1 rings (SSSR count). The van der Waals surface area contributed by atoms with E-state index in [4.69, 9.17) is 9.84 Å². The number of nitrogens with one attached hydrogen (secondary N) is 1. The Morgan fingerprint density at radius 3 is 2.44 bits per heavy atom. The topological polar surface area (TPSA) is 58.6 Å². The highest BCUT2D eigenvalue weighted by Gasteiger charge is 2.13. The largest absolute Gasteiger partial charge is 0.508 e. The number of aromatic hydroxyl groups is 1. The second-order valence-corrected chi connectivity index (χ2v) is 4.73. The van der Waals surface area contributed by atoms with Crippen molar-refractivity contribution in [2.45, 2.75) is 33.3 Å². The Hall–Kier alpha value is -1.71. The van der Waals surface area contributed by atoms with Gasteiger partial charge >= 0.3 is 0 Å². The SMILES string of the molecule is CC(C)CCNC(=O)C(C)Oc1ccc(O)cc1. The van der Waals surface area contributed by atoms with Gasteiger partial charge in [0.25, 0.3) is 5.91 Å². The number of hydrogen-bond donors (Lipinski definition) is 2. The second kappa shape index (κ2) is 6.89. The number of amides is 1. The first kappa shape index (κ1) is 14.4. The molecule has 0 aliphatic carbocycles. The van der Waals surface area contributed by atoms with Crippen molar-refractivity contribution in [2.24, 2.45) is 5.92 Å². The predicted molar refractivity (Wildman–Crippen MR) is 70.7 cm³/mol. The normalized spacial score (nSPS) is 12.2. The maximum atomic E-state index is 11.7. The molecule has 0 fully saturated rings. The van der Waals surface area contributed by atoms with E-state index in [9.17, 15) is 4.79 Å². The van der Waals surface area contributed by atoms with Crippen molar-refractivity contribution in [3.63, 3.8) is 0 Å². The Balaban J connectivity index is 2.37. The molecule has 0 aliphatic heterocycles. The summed E-state index contributed by atoms with van der Waals surface area (Å²) in [6, 6.07) is 6.32. The third-order valence-corrected chi connectivity index (χ3v) is 2.54. The zero-order valence-electron chi connectivity index (χ0n) is 11.1. The van der Waals surface area contributed by atoms with Crippen molar-refractivity contribution in [1.29, 1.82) is 0 Å². The monoisotopic (exact) mass is 251 g/mol. The lowest BCUT2D eigenvalue weighted by molar-refractivity contribution is -0.127. The average Bonchev–Trinajstić information content (AvgIpc) is 2.31. The minimum atomic E-state index is -0.540. The molecule has 4 heteroatoms. The summed E-state index contributed by atoms with van der Waals surface area (Å²) in [5.41, 5.74) is 0. The van der Waals surface area contributed by atoms with Crippen molar-refractivity contribution >= 4 is 5.91 Å². The van der Waals surface area contributed by atoms with Crippen LogP contribution in [0.4, 0.5) is 0 Å². The fraction of sp³-hybridized carbons (Fsp3) is 0.500. The van der Waals surface area contributed by atoms with E-state index >= 15 is 0 Å². The second-order valence-electron chi connectivity index (χ2n) is 4.73. The van der Waals surface area contributed by atoms with Crippen LogP contribution in [0.5, 0.6) is 11.5 Å². The Kier molecular flexibility index (Phi) is 5.49. The minimum Gasteiger partial charge on any atom is -0.508 e. The van der Waals surface area contributed by atoms with Gasteiger partial charge in [-0.2, -0.15) is 0 Å². The van der Waals surface area contributed by atoms with Gasteiger partial charge in [-0.15, -0.1) is 0 Å². The van der Waals surface area contributed by atoms with Gasteiger partial charge in [-0.3, -0.25) is 4.79 Å². The van der Waals surface area contributed by atoms with E-state index in [0.29, 0.717) is 18.2 Å². The van der Waals surface area contributed by atoms with Gasteiger partial charge < -0.3 is 15.2 Å². The third kappa shape index (κ3) is 5.08. The molecule has 1 aromatic carbocycles. The number of benzene rings is 1. The molecule has 1 unspecified atom stereocenters. The number of carbonyl (C=O) groups excluding carboxylic acids is 1. The Labute approximate surface area is 108 Å². The van der Waals surface area contributed by atoms with Crippen molar-refractivity contribution in [1.82, 2.24) is 5.32 Å². The minimum absolute atomic E-state index is 0.122. The van der Waals surface area contributed by atoms with Crippen molar-refractivity contribution < 1.29 is 14.6 Å². The first-order valence-electron chi connectivity index (χ1n) is 6.22. The van der Waals surface area contributed by atoms with Gasteiger partial charge in [-0.1, -0.05) is 13.8 Å². The van der Waals surface area contributed by atoms with E-state index in [1.165, 1.54) is 12.1 Å². The molecule has 100 valence electrons. The smallest absolute Gasteiger partial charge is 0.260 e. The standard InChI is InChI=1S/C14H21NO3/c1-10(2)8-9-15-14(17)11(3)18-13-6-4-12(16)5-7-13/h4-7,10-11,16H,8-9H2,1-3H3,(H,15,17). The van der Waals surface area contributed by atoms with E-state index in [1.807, 2.05) is 0 Å². The van der Waals surface area contributed by atoms with Crippen LogP contribution >= 0.6 is 0 Å². The van der Waals surface area contributed by atoms with Crippen LogP contribution in [0.15, 0.2) is 24.3 Å². The molecule has 4 nitrogen and oxygen atoms in total. The van der Waals surface area contributed by atoms with Crippen LogP contribution in [0.25, 0.3) is 0 Å². The van der Waals surface area contributed by atoms with Crippen LogP contribution in [-0.2, 0) is 4.79 Å². The van der Waals surface area contributed by atoms with Gasteiger partial charge in [0.05, 0.1) is 0 Å². The zero-order valence-corrected chi connectivity index (χ0v) is 11.1. The number of ether oxygens (including phenoxy) is 1. The highest BCUT2D eigenvalue weighted by atomic mass is 16.5. The summed E-state index contributed by atoms with van der Waals surface area (Å²) in [6.45, 7) is 6.60. The van der Waals surface area contributed by atoms with Crippen LogP contribution in [0.1, 0.15) is 27.2 Å². The highest BCUT2D eigenvalue weighted by Crippen LogP contribution is 2.17. The molecule has 1 aromatic rings. The van der Waals surface area contributed by atoms with Gasteiger partial charge in [0.15, 0.2) is 6.10 Å². The number of phenolic OH excluding ortho intramolecular Hbond substituents is 1. The van der Waals surface area contributed by atoms with Crippen molar-refractivity contribution in [3.8, 4) is 11.5 Å². The Morgan fingerprint density at radius 1 is 1.28 bits per heavy atom. The molecule has 0 saturated heterocycles. The van der Waals surface area contributed by atoms with Gasteiger partial charge in [0.1, 0.15) is 11.5 Å². The molecule has 0 heterocycles. The van der Waals surface area contributed by atoms with Gasteiger partial charge in [-0.05, 0) is 43.5 Å². The number of carbonyl (C=O) groups is 1. The molecule has 2 N–H and O–H groups in total. The van der Waals surface area contributed by atoms with Crippen molar-refractivity contribution in [2.75, 3.05) is 6.54 Å². The predicted octanol–water partition coefficient (Wildman–Crippen LogP) is 2.32.